The van der Waals surface area contributed by atoms with Gasteiger partial charge in [-0.1, -0.05) is 0 Å². The summed E-state index contributed by atoms with van der Waals surface area (Å²) in [5.74, 6) is 4.16. The first-order valence-corrected chi connectivity index (χ1v) is 7.89. The topological polar surface area (TPSA) is 39.7 Å². The molecule has 116 valence electrons. The molecule has 4 nitrogen and oxygen atoms in total. The van der Waals surface area contributed by atoms with E-state index in [1.54, 1.807) is 14.2 Å². The van der Waals surface area contributed by atoms with Crippen LogP contribution in [0.15, 0.2) is 18.2 Å². The Morgan fingerprint density at radius 1 is 0.952 bits per heavy atom. The van der Waals surface area contributed by atoms with Crippen LogP contribution in [0.1, 0.15) is 25.7 Å². The summed E-state index contributed by atoms with van der Waals surface area (Å²) < 4.78 is 16.3. The summed E-state index contributed by atoms with van der Waals surface area (Å²) in [6.07, 6.45) is 5.62. The molecule has 2 aliphatic carbocycles. The summed E-state index contributed by atoms with van der Waals surface area (Å²) in [6.45, 7) is 1.57. The minimum atomic E-state index is 0.673. The van der Waals surface area contributed by atoms with Crippen LogP contribution in [-0.4, -0.2) is 33.4 Å². The molecule has 0 unspecified atom stereocenters. The van der Waals surface area contributed by atoms with Gasteiger partial charge in [-0.15, -0.1) is 0 Å². The summed E-state index contributed by atoms with van der Waals surface area (Å²) in [6, 6.07) is 6.36. The van der Waals surface area contributed by atoms with Crippen LogP contribution >= 0.6 is 0 Å². The fourth-order valence-corrected chi connectivity index (χ4v) is 2.89. The Morgan fingerprint density at radius 2 is 1.48 bits per heavy atom. The lowest BCUT2D eigenvalue weighted by molar-refractivity contribution is 0.290. The lowest BCUT2D eigenvalue weighted by Gasteiger charge is -2.18. The smallest absolute Gasteiger partial charge is 0.126 e. The number of benzene rings is 1. The van der Waals surface area contributed by atoms with Crippen LogP contribution in [0, 0.1) is 11.8 Å². The molecule has 1 aromatic rings. The third kappa shape index (κ3) is 4.03. The van der Waals surface area contributed by atoms with Gasteiger partial charge >= 0.3 is 0 Å². The molecular formula is C17H25NO3. The zero-order valence-electron chi connectivity index (χ0n) is 12.9. The van der Waals surface area contributed by atoms with Crippen LogP contribution in [0.25, 0.3) is 0 Å². The molecule has 2 saturated carbocycles. The molecule has 1 aromatic carbocycles. The number of hydrogen-bond acceptors (Lipinski definition) is 4. The van der Waals surface area contributed by atoms with E-state index >= 15 is 0 Å². The molecule has 0 radical (unpaired) electrons. The Balaban J connectivity index is 1.46. The second-order valence-corrected chi connectivity index (χ2v) is 6.05. The summed E-state index contributed by atoms with van der Waals surface area (Å²) in [5.41, 5.74) is 0. The minimum absolute atomic E-state index is 0.673. The number of nitrogens with one attached hydrogen (secondary N) is 1. The minimum Gasteiger partial charge on any atom is -0.496 e. The molecule has 0 aliphatic heterocycles. The highest BCUT2D eigenvalue weighted by atomic mass is 16.5. The predicted molar refractivity (Wildman–Crippen MR) is 82.3 cm³/mol. The first kappa shape index (κ1) is 14.5. The van der Waals surface area contributed by atoms with Crippen LogP contribution in [0.4, 0.5) is 0 Å². The van der Waals surface area contributed by atoms with E-state index in [2.05, 4.69) is 5.32 Å². The lowest BCUT2D eigenvalue weighted by atomic mass is 10.1. The van der Waals surface area contributed by atoms with E-state index in [9.17, 15) is 0 Å². The maximum Gasteiger partial charge on any atom is 0.126 e. The Kier molecular flexibility index (Phi) is 4.54. The third-order valence-electron chi connectivity index (χ3n) is 4.34. The van der Waals surface area contributed by atoms with Crippen LogP contribution < -0.4 is 19.5 Å². The van der Waals surface area contributed by atoms with Gasteiger partial charge in [-0.05, 0) is 37.5 Å². The highest BCUT2D eigenvalue weighted by Gasteiger charge is 2.40. The van der Waals surface area contributed by atoms with Gasteiger partial charge in [0.2, 0.25) is 0 Å². The lowest BCUT2D eigenvalue weighted by Crippen LogP contribution is -2.36. The van der Waals surface area contributed by atoms with Gasteiger partial charge in [0, 0.05) is 30.8 Å². The van der Waals surface area contributed by atoms with Gasteiger partial charge in [-0.25, -0.2) is 0 Å². The molecule has 0 bridgehead atoms. The van der Waals surface area contributed by atoms with Gasteiger partial charge in [0.25, 0.3) is 0 Å². The molecule has 2 aliphatic rings. The third-order valence-corrected chi connectivity index (χ3v) is 4.34. The van der Waals surface area contributed by atoms with E-state index in [1.807, 2.05) is 18.2 Å². The second kappa shape index (κ2) is 6.56. The summed E-state index contributed by atoms with van der Waals surface area (Å²) >= 11 is 0. The van der Waals surface area contributed by atoms with E-state index in [1.165, 1.54) is 25.7 Å². The van der Waals surface area contributed by atoms with Gasteiger partial charge in [0.05, 0.1) is 14.2 Å². The Bertz CT molecular complexity index is 435. The van der Waals surface area contributed by atoms with E-state index in [4.69, 9.17) is 14.2 Å². The zero-order chi connectivity index (χ0) is 14.7. The molecule has 21 heavy (non-hydrogen) atoms. The monoisotopic (exact) mass is 291 g/mol. The Hall–Kier alpha value is -1.42. The van der Waals surface area contributed by atoms with Crippen LogP contribution in [0.2, 0.25) is 0 Å². The summed E-state index contributed by atoms with van der Waals surface area (Å²) in [4.78, 5) is 0. The average molecular weight is 291 g/mol. The number of ether oxygens (including phenoxy) is 3. The first-order valence-electron chi connectivity index (χ1n) is 7.89. The van der Waals surface area contributed by atoms with Crippen molar-refractivity contribution in [3.63, 3.8) is 0 Å². The zero-order valence-corrected chi connectivity index (χ0v) is 12.9. The van der Waals surface area contributed by atoms with Gasteiger partial charge < -0.3 is 19.5 Å². The molecule has 1 N–H and O–H groups in total. The largest absolute Gasteiger partial charge is 0.496 e. The number of hydrogen-bond donors (Lipinski definition) is 1. The highest BCUT2D eigenvalue weighted by molar-refractivity contribution is 5.41. The number of methoxy groups -OCH3 is 2. The second-order valence-electron chi connectivity index (χ2n) is 6.05. The van der Waals surface area contributed by atoms with Crippen LogP contribution in [0.5, 0.6) is 17.2 Å². The molecule has 3 rings (SSSR count). The molecule has 0 spiro atoms. The van der Waals surface area contributed by atoms with Crippen molar-refractivity contribution in [1.82, 2.24) is 5.32 Å². The van der Waals surface area contributed by atoms with Gasteiger partial charge in [0.1, 0.15) is 23.9 Å². The maximum absolute atomic E-state index is 5.82. The van der Waals surface area contributed by atoms with Crippen molar-refractivity contribution in [2.45, 2.75) is 31.7 Å². The van der Waals surface area contributed by atoms with Crippen LogP contribution in [0.3, 0.4) is 0 Å². The van der Waals surface area contributed by atoms with Crippen molar-refractivity contribution in [2.75, 3.05) is 27.4 Å². The van der Waals surface area contributed by atoms with Crippen LogP contribution in [-0.2, 0) is 0 Å². The molecule has 0 atom stereocenters. The van der Waals surface area contributed by atoms with Crippen molar-refractivity contribution in [3.8, 4) is 17.2 Å². The molecule has 2 fully saturated rings. The van der Waals surface area contributed by atoms with Gasteiger partial charge in [0.15, 0.2) is 0 Å². The quantitative estimate of drug-likeness (QED) is 0.710. The summed E-state index contributed by atoms with van der Waals surface area (Å²) in [7, 11) is 3.30. The fourth-order valence-electron chi connectivity index (χ4n) is 2.89. The van der Waals surface area contributed by atoms with Crippen molar-refractivity contribution in [2.24, 2.45) is 11.8 Å². The molecular weight excluding hydrogens is 266 g/mol. The van der Waals surface area contributed by atoms with Crippen molar-refractivity contribution >= 4 is 0 Å². The van der Waals surface area contributed by atoms with Gasteiger partial charge in [-0.2, -0.15) is 0 Å². The standard InChI is InChI=1S/C17H25NO3/c1-19-14-9-15(20-2)11-16(10-14)21-8-7-18-17(12-3-4-12)13-5-6-13/h9-13,17-18H,3-8H2,1-2H3. The van der Waals surface area contributed by atoms with E-state index < -0.39 is 0 Å². The van der Waals surface area contributed by atoms with Crippen molar-refractivity contribution in [3.05, 3.63) is 18.2 Å². The van der Waals surface area contributed by atoms with E-state index in [-0.39, 0.29) is 0 Å². The van der Waals surface area contributed by atoms with E-state index in [0.29, 0.717) is 6.61 Å². The molecule has 4 heteroatoms. The predicted octanol–water partition coefficient (Wildman–Crippen LogP) is 2.86. The molecule has 0 aromatic heterocycles. The fraction of sp³-hybridized carbons (Fsp3) is 0.647. The highest BCUT2D eigenvalue weighted by Crippen LogP contribution is 2.44. The Labute approximate surface area is 126 Å². The normalized spacial score (nSPS) is 17.9. The molecule has 0 saturated heterocycles. The number of rotatable bonds is 9. The van der Waals surface area contributed by atoms with Gasteiger partial charge in [-0.3, -0.25) is 0 Å². The van der Waals surface area contributed by atoms with Crippen molar-refractivity contribution in [1.29, 1.82) is 0 Å². The summed E-state index contributed by atoms with van der Waals surface area (Å²) in [5, 5.41) is 3.68. The average Bonchev–Trinajstić information content (AvgIpc) is 3.39. The maximum atomic E-state index is 5.82. The SMILES string of the molecule is COc1cc(OC)cc(OCCNC(C2CC2)C2CC2)c1. The molecule has 0 amide bonds. The van der Waals surface area contributed by atoms with E-state index in [0.717, 1.165) is 41.7 Å². The Morgan fingerprint density at radius 3 is 1.95 bits per heavy atom. The molecule has 0 heterocycles. The van der Waals surface area contributed by atoms with Crippen molar-refractivity contribution < 1.29 is 14.2 Å². The first-order chi connectivity index (χ1) is 10.3.